The molecule has 0 radical (unpaired) electrons. The van der Waals surface area contributed by atoms with Crippen molar-refractivity contribution in [2.24, 2.45) is 5.92 Å². The van der Waals surface area contributed by atoms with Gasteiger partial charge in [0.2, 0.25) is 0 Å². The number of nitrogens with zero attached hydrogens (tertiary/aromatic N) is 2. The number of likely N-dealkylation sites (tertiary alicyclic amines) is 1. The van der Waals surface area contributed by atoms with E-state index in [0.717, 1.165) is 30.3 Å². The molecule has 2 aliphatic heterocycles. The van der Waals surface area contributed by atoms with Gasteiger partial charge >= 0.3 is 0 Å². The number of amides is 1. The summed E-state index contributed by atoms with van der Waals surface area (Å²) in [7, 11) is 1.74. The summed E-state index contributed by atoms with van der Waals surface area (Å²) < 4.78 is 5.42. The molecule has 1 saturated heterocycles. The number of carbonyl (C=O) groups is 1. The van der Waals surface area contributed by atoms with Gasteiger partial charge in [-0.15, -0.1) is 0 Å². The van der Waals surface area contributed by atoms with Gasteiger partial charge in [0.25, 0.3) is 5.91 Å². The first-order valence-corrected chi connectivity index (χ1v) is 7.98. The Morgan fingerprint density at radius 1 is 1.36 bits per heavy atom. The quantitative estimate of drug-likeness (QED) is 0.925. The predicted octanol–water partition coefficient (Wildman–Crippen LogP) is 1.81. The van der Waals surface area contributed by atoms with Crippen LogP contribution in [0.15, 0.2) is 18.2 Å². The highest BCUT2D eigenvalue weighted by Gasteiger charge is 2.24. The van der Waals surface area contributed by atoms with Crippen LogP contribution in [0.1, 0.15) is 31.4 Å². The van der Waals surface area contributed by atoms with Crippen molar-refractivity contribution in [3.8, 4) is 5.75 Å². The zero-order valence-electron chi connectivity index (χ0n) is 13.3. The van der Waals surface area contributed by atoms with Crippen molar-refractivity contribution in [1.82, 2.24) is 4.90 Å². The number of aliphatic hydroxyl groups is 1. The van der Waals surface area contributed by atoms with Gasteiger partial charge in [-0.1, -0.05) is 13.0 Å². The van der Waals surface area contributed by atoms with E-state index in [1.165, 1.54) is 12.8 Å². The SMILES string of the molecule is CC1CCN(CC(O)c2ccc3c(c2)N(C)C(=O)CO3)CC1. The highest BCUT2D eigenvalue weighted by Crippen LogP contribution is 2.34. The van der Waals surface area contributed by atoms with Crippen molar-refractivity contribution in [3.63, 3.8) is 0 Å². The molecule has 1 fully saturated rings. The zero-order valence-corrected chi connectivity index (χ0v) is 13.3. The van der Waals surface area contributed by atoms with Crippen LogP contribution in [0.2, 0.25) is 0 Å². The molecule has 1 atom stereocenters. The molecule has 2 heterocycles. The second kappa shape index (κ2) is 6.26. The minimum Gasteiger partial charge on any atom is -0.482 e. The number of ether oxygens (including phenoxy) is 1. The monoisotopic (exact) mass is 304 g/mol. The maximum Gasteiger partial charge on any atom is 0.264 e. The van der Waals surface area contributed by atoms with Crippen LogP contribution in [-0.2, 0) is 4.79 Å². The lowest BCUT2D eigenvalue weighted by Crippen LogP contribution is -2.36. The first kappa shape index (κ1) is 15.3. The van der Waals surface area contributed by atoms with Crippen LogP contribution >= 0.6 is 0 Å². The fraction of sp³-hybridized carbons (Fsp3) is 0.588. The molecule has 5 heteroatoms. The number of anilines is 1. The zero-order chi connectivity index (χ0) is 15.7. The van der Waals surface area contributed by atoms with Crippen molar-refractivity contribution in [2.75, 3.05) is 38.2 Å². The molecule has 5 nitrogen and oxygen atoms in total. The van der Waals surface area contributed by atoms with E-state index in [0.29, 0.717) is 12.3 Å². The molecule has 120 valence electrons. The smallest absolute Gasteiger partial charge is 0.264 e. The molecule has 1 amide bonds. The largest absolute Gasteiger partial charge is 0.482 e. The van der Waals surface area contributed by atoms with E-state index in [1.54, 1.807) is 11.9 Å². The topological polar surface area (TPSA) is 53.0 Å². The number of β-amino-alcohol motifs (C(OH)–C–C–N with tert-alkyl or cyclic N) is 1. The molecule has 22 heavy (non-hydrogen) atoms. The first-order chi connectivity index (χ1) is 10.5. The van der Waals surface area contributed by atoms with E-state index in [2.05, 4.69) is 11.8 Å². The fourth-order valence-corrected chi connectivity index (χ4v) is 3.09. The van der Waals surface area contributed by atoms with E-state index >= 15 is 0 Å². The molecule has 0 saturated carbocycles. The number of aliphatic hydroxyl groups excluding tert-OH is 1. The van der Waals surface area contributed by atoms with Crippen molar-refractivity contribution in [1.29, 1.82) is 0 Å². The van der Waals surface area contributed by atoms with Crippen LogP contribution < -0.4 is 9.64 Å². The number of hydrogen-bond donors (Lipinski definition) is 1. The summed E-state index contributed by atoms with van der Waals surface area (Å²) >= 11 is 0. The summed E-state index contributed by atoms with van der Waals surface area (Å²) in [6.07, 6.45) is 1.85. The summed E-state index contributed by atoms with van der Waals surface area (Å²) in [5.74, 6) is 1.42. The third-order valence-corrected chi connectivity index (χ3v) is 4.76. The highest BCUT2D eigenvalue weighted by atomic mass is 16.5. The van der Waals surface area contributed by atoms with Gasteiger partial charge in [-0.2, -0.15) is 0 Å². The summed E-state index contributed by atoms with van der Waals surface area (Å²) in [5.41, 5.74) is 1.57. The lowest BCUT2D eigenvalue weighted by molar-refractivity contribution is -0.120. The third kappa shape index (κ3) is 3.10. The van der Waals surface area contributed by atoms with Crippen LogP contribution in [0.25, 0.3) is 0 Å². The average molecular weight is 304 g/mol. The number of carbonyl (C=O) groups excluding carboxylic acids is 1. The van der Waals surface area contributed by atoms with Crippen LogP contribution in [0, 0.1) is 5.92 Å². The first-order valence-electron chi connectivity index (χ1n) is 7.98. The standard InChI is InChI=1S/C17H24N2O3/c1-12-5-7-19(8-6-12)10-15(20)13-3-4-16-14(9-13)18(2)17(21)11-22-16/h3-4,9,12,15,20H,5-8,10-11H2,1-2H3. The Balaban J connectivity index is 1.70. The van der Waals surface area contributed by atoms with Crippen LogP contribution in [0.3, 0.4) is 0 Å². The molecule has 1 unspecified atom stereocenters. The number of piperidine rings is 1. The summed E-state index contributed by atoms with van der Waals surface area (Å²) in [6, 6.07) is 5.60. The number of hydrogen-bond acceptors (Lipinski definition) is 4. The van der Waals surface area contributed by atoms with E-state index in [4.69, 9.17) is 4.74 Å². The Morgan fingerprint density at radius 3 is 2.82 bits per heavy atom. The average Bonchev–Trinajstić information content (AvgIpc) is 2.53. The van der Waals surface area contributed by atoms with Crippen molar-refractivity contribution < 1.29 is 14.6 Å². The molecular weight excluding hydrogens is 280 g/mol. The fourth-order valence-electron chi connectivity index (χ4n) is 3.09. The minimum absolute atomic E-state index is 0.0656. The molecule has 0 aliphatic carbocycles. The van der Waals surface area contributed by atoms with Gasteiger partial charge in [-0.05, 0) is 49.5 Å². The molecule has 1 aromatic carbocycles. The predicted molar refractivity (Wildman–Crippen MR) is 85.1 cm³/mol. The molecule has 0 aromatic heterocycles. The number of rotatable bonds is 3. The second-order valence-electron chi connectivity index (χ2n) is 6.47. The van der Waals surface area contributed by atoms with Gasteiger partial charge in [-0.25, -0.2) is 0 Å². The Labute approximate surface area is 131 Å². The van der Waals surface area contributed by atoms with E-state index in [1.807, 2.05) is 18.2 Å². The Hall–Kier alpha value is -1.59. The lowest BCUT2D eigenvalue weighted by Gasteiger charge is -2.32. The number of fused-ring (bicyclic) bond motifs is 1. The van der Waals surface area contributed by atoms with Crippen LogP contribution in [0.5, 0.6) is 5.75 Å². The molecule has 2 aliphatic rings. The van der Waals surface area contributed by atoms with Crippen LogP contribution in [0.4, 0.5) is 5.69 Å². The minimum atomic E-state index is -0.538. The summed E-state index contributed by atoms with van der Waals surface area (Å²) in [5, 5.41) is 10.5. The Kier molecular flexibility index (Phi) is 4.36. The summed E-state index contributed by atoms with van der Waals surface area (Å²) in [6.45, 7) is 5.10. The third-order valence-electron chi connectivity index (χ3n) is 4.76. The van der Waals surface area contributed by atoms with Crippen LogP contribution in [-0.4, -0.2) is 49.2 Å². The maximum atomic E-state index is 11.7. The lowest BCUT2D eigenvalue weighted by atomic mass is 9.98. The van der Waals surface area contributed by atoms with Gasteiger partial charge in [0, 0.05) is 13.6 Å². The van der Waals surface area contributed by atoms with Gasteiger partial charge in [0.1, 0.15) is 5.75 Å². The van der Waals surface area contributed by atoms with Gasteiger partial charge in [0.05, 0.1) is 11.8 Å². The number of likely N-dealkylation sites (N-methyl/N-ethyl adjacent to an activating group) is 1. The summed E-state index contributed by atoms with van der Waals surface area (Å²) in [4.78, 5) is 15.6. The Morgan fingerprint density at radius 2 is 2.09 bits per heavy atom. The van der Waals surface area contributed by atoms with Crippen molar-refractivity contribution >= 4 is 11.6 Å². The van der Waals surface area contributed by atoms with Crippen molar-refractivity contribution in [2.45, 2.75) is 25.9 Å². The van der Waals surface area contributed by atoms with Gasteiger partial charge in [-0.3, -0.25) is 4.79 Å². The normalized spacial score (nSPS) is 21.4. The second-order valence-corrected chi connectivity index (χ2v) is 6.47. The van der Waals surface area contributed by atoms with E-state index < -0.39 is 6.10 Å². The van der Waals surface area contributed by atoms with Crippen molar-refractivity contribution in [3.05, 3.63) is 23.8 Å². The van der Waals surface area contributed by atoms with Gasteiger partial charge < -0.3 is 19.6 Å². The molecule has 1 N–H and O–H groups in total. The number of benzene rings is 1. The molecule has 3 rings (SSSR count). The highest BCUT2D eigenvalue weighted by molar-refractivity contribution is 5.97. The van der Waals surface area contributed by atoms with Gasteiger partial charge in [0.15, 0.2) is 6.61 Å². The molecule has 0 spiro atoms. The molecule has 1 aromatic rings. The molecule has 0 bridgehead atoms. The maximum absolute atomic E-state index is 11.7. The van der Waals surface area contributed by atoms with E-state index in [-0.39, 0.29) is 12.5 Å². The van der Waals surface area contributed by atoms with E-state index in [9.17, 15) is 9.90 Å². The Bertz CT molecular complexity index is 553. The molecular formula is C17H24N2O3.